The van der Waals surface area contributed by atoms with Crippen LogP contribution in [0.5, 0.6) is 0 Å². The van der Waals surface area contributed by atoms with Crippen molar-refractivity contribution in [1.29, 1.82) is 0 Å². The zero-order chi connectivity index (χ0) is 10.6. The van der Waals surface area contributed by atoms with Gasteiger partial charge in [-0.3, -0.25) is 0 Å². The molecule has 0 spiro atoms. The third-order valence-corrected chi connectivity index (χ3v) is 2.50. The van der Waals surface area contributed by atoms with E-state index < -0.39 is 0 Å². The van der Waals surface area contributed by atoms with Crippen molar-refractivity contribution in [3.63, 3.8) is 0 Å². The van der Waals surface area contributed by atoms with Gasteiger partial charge < -0.3 is 10.1 Å². The first-order chi connectivity index (χ1) is 6.63. The van der Waals surface area contributed by atoms with Crippen molar-refractivity contribution >= 4 is 21.6 Å². The topological polar surface area (TPSA) is 21.3 Å². The van der Waals surface area contributed by atoms with Gasteiger partial charge in [0.05, 0.1) is 6.61 Å². The summed E-state index contributed by atoms with van der Waals surface area (Å²) in [6.45, 7) is 4.91. The van der Waals surface area contributed by atoms with E-state index >= 15 is 0 Å². The van der Waals surface area contributed by atoms with Crippen LogP contribution in [-0.2, 0) is 4.74 Å². The van der Waals surface area contributed by atoms with Crippen LogP contribution in [0.2, 0.25) is 0 Å². The van der Waals surface area contributed by atoms with Gasteiger partial charge in [-0.25, -0.2) is 0 Å². The van der Waals surface area contributed by atoms with E-state index in [2.05, 4.69) is 47.2 Å². The number of benzene rings is 1. The molecule has 0 heterocycles. The summed E-state index contributed by atoms with van der Waals surface area (Å²) in [5, 5.41) is 3.39. The highest BCUT2D eigenvalue weighted by molar-refractivity contribution is 9.10. The molecule has 0 unspecified atom stereocenters. The summed E-state index contributed by atoms with van der Waals surface area (Å²) in [6.07, 6.45) is 0. The highest BCUT2D eigenvalue weighted by Crippen LogP contribution is 2.20. The molecular weight excluding hydrogens is 242 g/mol. The monoisotopic (exact) mass is 257 g/mol. The summed E-state index contributed by atoms with van der Waals surface area (Å²) < 4.78 is 6.18. The van der Waals surface area contributed by atoms with Crippen LogP contribution in [0.15, 0.2) is 22.7 Å². The zero-order valence-electron chi connectivity index (χ0n) is 8.80. The van der Waals surface area contributed by atoms with Gasteiger partial charge in [0.1, 0.15) is 0 Å². The summed E-state index contributed by atoms with van der Waals surface area (Å²) in [6, 6.07) is 6.54. The van der Waals surface area contributed by atoms with Gasteiger partial charge in [-0.15, -0.1) is 0 Å². The minimum atomic E-state index is 0.333. The molecule has 1 aromatic carbocycles. The minimum Gasteiger partial charge on any atom is -0.383 e. The first-order valence-electron chi connectivity index (χ1n) is 4.65. The molecule has 0 radical (unpaired) electrons. The van der Waals surface area contributed by atoms with E-state index in [9.17, 15) is 0 Å². The normalized spacial score (nSPS) is 12.6. The lowest BCUT2D eigenvalue weighted by Crippen LogP contribution is -2.21. The Morgan fingerprint density at radius 3 is 2.79 bits per heavy atom. The maximum Gasteiger partial charge on any atom is 0.0661 e. The van der Waals surface area contributed by atoms with E-state index in [0.29, 0.717) is 6.04 Å². The van der Waals surface area contributed by atoms with Gasteiger partial charge >= 0.3 is 0 Å². The third kappa shape index (κ3) is 3.31. The van der Waals surface area contributed by atoms with Gasteiger partial charge in [-0.1, -0.05) is 15.9 Å². The molecule has 0 saturated heterocycles. The summed E-state index contributed by atoms with van der Waals surface area (Å²) in [5.74, 6) is 0. The highest BCUT2D eigenvalue weighted by Gasteiger charge is 2.03. The molecule has 0 aliphatic rings. The molecule has 0 fully saturated rings. The van der Waals surface area contributed by atoms with Crippen LogP contribution < -0.4 is 5.32 Å². The van der Waals surface area contributed by atoms with Gasteiger partial charge in [0.2, 0.25) is 0 Å². The van der Waals surface area contributed by atoms with Gasteiger partial charge in [-0.05, 0) is 37.6 Å². The maximum absolute atomic E-state index is 5.07. The van der Waals surface area contributed by atoms with Crippen LogP contribution >= 0.6 is 15.9 Å². The van der Waals surface area contributed by atoms with E-state index in [1.807, 2.05) is 6.07 Å². The van der Waals surface area contributed by atoms with Gasteiger partial charge in [0, 0.05) is 23.3 Å². The summed E-state index contributed by atoms with van der Waals surface area (Å²) in [4.78, 5) is 0. The van der Waals surface area contributed by atoms with Crippen molar-refractivity contribution in [2.75, 3.05) is 19.0 Å². The van der Waals surface area contributed by atoms with E-state index in [4.69, 9.17) is 4.74 Å². The number of halogens is 1. The Balaban J connectivity index is 2.67. The second-order valence-corrected chi connectivity index (χ2v) is 4.38. The van der Waals surface area contributed by atoms with E-state index in [1.165, 1.54) is 5.56 Å². The van der Waals surface area contributed by atoms with Crippen molar-refractivity contribution in [2.45, 2.75) is 19.9 Å². The summed E-state index contributed by atoms with van der Waals surface area (Å²) >= 11 is 3.44. The fraction of sp³-hybridized carbons (Fsp3) is 0.455. The molecule has 1 aromatic rings. The second kappa shape index (κ2) is 5.37. The van der Waals surface area contributed by atoms with Crippen LogP contribution in [0, 0.1) is 6.92 Å². The number of nitrogens with one attached hydrogen (secondary N) is 1. The van der Waals surface area contributed by atoms with Crippen LogP contribution in [0.3, 0.4) is 0 Å². The molecule has 3 heteroatoms. The fourth-order valence-electron chi connectivity index (χ4n) is 1.35. The van der Waals surface area contributed by atoms with Crippen molar-refractivity contribution < 1.29 is 4.74 Å². The first kappa shape index (κ1) is 11.5. The predicted octanol–water partition coefficient (Wildman–Crippen LogP) is 3.20. The second-order valence-electron chi connectivity index (χ2n) is 3.46. The first-order valence-corrected chi connectivity index (χ1v) is 5.44. The minimum absolute atomic E-state index is 0.333. The van der Waals surface area contributed by atoms with E-state index in [-0.39, 0.29) is 0 Å². The zero-order valence-corrected chi connectivity index (χ0v) is 10.4. The molecule has 1 rings (SSSR count). The molecule has 0 aliphatic carbocycles. The largest absolute Gasteiger partial charge is 0.383 e. The molecule has 78 valence electrons. The van der Waals surface area contributed by atoms with Gasteiger partial charge in [0.25, 0.3) is 0 Å². The molecule has 1 N–H and O–H groups in total. The fourth-order valence-corrected chi connectivity index (χ4v) is 1.82. The Morgan fingerprint density at radius 2 is 2.21 bits per heavy atom. The molecule has 0 aliphatic heterocycles. The van der Waals surface area contributed by atoms with Crippen LogP contribution in [-0.4, -0.2) is 19.8 Å². The van der Waals surface area contributed by atoms with Crippen LogP contribution in [0.25, 0.3) is 0 Å². The van der Waals surface area contributed by atoms with Crippen LogP contribution in [0.1, 0.15) is 12.5 Å². The number of hydrogen-bond acceptors (Lipinski definition) is 2. The number of rotatable bonds is 4. The lowest BCUT2D eigenvalue weighted by atomic mass is 10.2. The number of anilines is 1. The number of hydrogen-bond donors (Lipinski definition) is 1. The van der Waals surface area contributed by atoms with Crippen molar-refractivity contribution in [1.82, 2.24) is 0 Å². The smallest absolute Gasteiger partial charge is 0.0661 e. The van der Waals surface area contributed by atoms with Gasteiger partial charge in [-0.2, -0.15) is 0 Å². The molecule has 14 heavy (non-hydrogen) atoms. The Labute approximate surface area is 93.8 Å². The number of aryl methyl sites for hydroxylation is 1. The molecule has 1 atom stereocenters. The molecule has 0 saturated carbocycles. The van der Waals surface area contributed by atoms with Crippen molar-refractivity contribution in [2.24, 2.45) is 0 Å². The van der Waals surface area contributed by atoms with E-state index in [0.717, 1.165) is 16.8 Å². The molecule has 2 nitrogen and oxygen atoms in total. The van der Waals surface area contributed by atoms with E-state index in [1.54, 1.807) is 7.11 Å². The summed E-state index contributed by atoms with van der Waals surface area (Å²) in [5.41, 5.74) is 2.40. The Hall–Kier alpha value is -0.540. The average molecular weight is 258 g/mol. The number of ether oxygens (including phenoxy) is 1. The summed E-state index contributed by atoms with van der Waals surface area (Å²) in [7, 11) is 1.71. The van der Waals surface area contributed by atoms with Gasteiger partial charge in [0.15, 0.2) is 0 Å². The molecule has 0 aromatic heterocycles. The standard InChI is InChI=1S/C11H16BrNO/c1-8-6-10(12)4-5-11(8)13-9(2)7-14-3/h4-6,9,13H,7H2,1-3H3/t9-/m1/s1. The lowest BCUT2D eigenvalue weighted by molar-refractivity contribution is 0.190. The predicted molar refractivity (Wildman–Crippen MR) is 63.8 cm³/mol. The molecule has 0 amide bonds. The molecular formula is C11H16BrNO. The number of methoxy groups -OCH3 is 1. The SMILES string of the molecule is COC[C@@H](C)Nc1ccc(Br)cc1C. The average Bonchev–Trinajstić information content (AvgIpc) is 2.10. The highest BCUT2D eigenvalue weighted by atomic mass is 79.9. The lowest BCUT2D eigenvalue weighted by Gasteiger charge is -2.16. The Kier molecular flexibility index (Phi) is 4.42. The van der Waals surface area contributed by atoms with Crippen LogP contribution in [0.4, 0.5) is 5.69 Å². The Bertz CT molecular complexity index is 301. The quantitative estimate of drug-likeness (QED) is 0.895. The maximum atomic E-state index is 5.07. The third-order valence-electron chi connectivity index (χ3n) is 2.01. The van der Waals surface area contributed by atoms with Crippen molar-refractivity contribution in [3.8, 4) is 0 Å². The molecule has 0 bridgehead atoms. The Morgan fingerprint density at radius 1 is 1.50 bits per heavy atom. The van der Waals surface area contributed by atoms with Crippen molar-refractivity contribution in [3.05, 3.63) is 28.2 Å².